The highest BCUT2D eigenvalue weighted by Gasteiger charge is 2.03. The summed E-state index contributed by atoms with van der Waals surface area (Å²) < 4.78 is 0. The first-order valence-corrected chi connectivity index (χ1v) is 6.53. The van der Waals surface area contributed by atoms with Crippen LogP contribution in [0, 0.1) is 6.92 Å². The van der Waals surface area contributed by atoms with E-state index in [1.54, 1.807) is 0 Å². The first-order valence-electron chi connectivity index (χ1n) is 6.53. The lowest BCUT2D eigenvalue weighted by molar-refractivity contribution is 0.546. The maximum Gasteiger partial charge on any atom is 0.00793 e. The number of hydrogen-bond donors (Lipinski definition) is 1. The van der Waals surface area contributed by atoms with Crippen molar-refractivity contribution < 1.29 is 0 Å². The summed E-state index contributed by atoms with van der Waals surface area (Å²) in [5.41, 5.74) is 8.85. The third kappa shape index (κ3) is 5.32. The second kappa shape index (κ2) is 7.45. The van der Waals surface area contributed by atoms with Gasteiger partial charge in [0.25, 0.3) is 0 Å². The largest absolute Gasteiger partial charge is 0.327 e. The Hall–Kier alpha value is -0.820. The molecule has 1 aromatic carbocycles. The summed E-state index contributed by atoms with van der Waals surface area (Å²) >= 11 is 0. The number of rotatable bonds is 7. The molecule has 0 heterocycles. The Morgan fingerprint density at radius 3 is 2.69 bits per heavy atom. The highest BCUT2D eigenvalue weighted by atomic mass is 14.6. The molecule has 0 radical (unpaired) electrons. The van der Waals surface area contributed by atoms with Crippen molar-refractivity contribution in [1.29, 1.82) is 0 Å². The van der Waals surface area contributed by atoms with E-state index in [0.29, 0.717) is 6.04 Å². The maximum absolute atomic E-state index is 6.14. The molecule has 16 heavy (non-hydrogen) atoms. The molecule has 0 saturated heterocycles. The first-order chi connectivity index (χ1) is 7.72. The fraction of sp³-hybridized carbons (Fsp3) is 0.600. The smallest absolute Gasteiger partial charge is 0.00793 e. The van der Waals surface area contributed by atoms with Crippen molar-refractivity contribution in [2.24, 2.45) is 5.73 Å². The van der Waals surface area contributed by atoms with E-state index in [4.69, 9.17) is 5.73 Å². The van der Waals surface area contributed by atoms with Crippen LogP contribution >= 0.6 is 0 Å². The predicted molar refractivity (Wildman–Crippen MR) is 71.6 cm³/mol. The Kier molecular flexibility index (Phi) is 6.17. The molecule has 1 heteroatoms. The van der Waals surface area contributed by atoms with Gasteiger partial charge in [0.05, 0.1) is 0 Å². The van der Waals surface area contributed by atoms with Gasteiger partial charge in [0.1, 0.15) is 0 Å². The molecule has 2 N–H and O–H groups in total. The van der Waals surface area contributed by atoms with Crippen LogP contribution in [-0.2, 0) is 6.42 Å². The number of nitrogens with two attached hydrogens (primary N) is 1. The molecule has 0 aliphatic carbocycles. The lowest BCUT2D eigenvalue weighted by atomic mass is 10.00. The molecular weight excluding hydrogens is 194 g/mol. The van der Waals surface area contributed by atoms with E-state index < -0.39 is 0 Å². The summed E-state index contributed by atoms with van der Waals surface area (Å²) in [5, 5.41) is 0. The van der Waals surface area contributed by atoms with Crippen molar-refractivity contribution in [2.45, 2.75) is 58.4 Å². The van der Waals surface area contributed by atoms with Crippen LogP contribution in [0.25, 0.3) is 0 Å². The van der Waals surface area contributed by atoms with E-state index in [-0.39, 0.29) is 0 Å². The quantitative estimate of drug-likeness (QED) is 0.693. The molecule has 90 valence electrons. The summed E-state index contributed by atoms with van der Waals surface area (Å²) in [4.78, 5) is 0. The zero-order chi connectivity index (χ0) is 11.8. The topological polar surface area (TPSA) is 26.0 Å². The number of aryl methyl sites for hydroxylation is 1. The van der Waals surface area contributed by atoms with E-state index in [0.717, 1.165) is 12.8 Å². The number of hydrogen-bond acceptors (Lipinski definition) is 1. The molecule has 0 aliphatic heterocycles. The second-order valence-electron chi connectivity index (χ2n) is 4.80. The van der Waals surface area contributed by atoms with Crippen LogP contribution in [0.1, 0.15) is 50.2 Å². The van der Waals surface area contributed by atoms with Gasteiger partial charge in [-0.1, -0.05) is 62.4 Å². The van der Waals surface area contributed by atoms with Crippen LogP contribution in [0.2, 0.25) is 0 Å². The Balaban J connectivity index is 2.25. The molecule has 1 unspecified atom stereocenters. The Bertz CT molecular complexity index is 293. The summed E-state index contributed by atoms with van der Waals surface area (Å²) in [6.45, 7) is 4.38. The minimum absolute atomic E-state index is 0.332. The molecule has 1 aromatic rings. The zero-order valence-electron chi connectivity index (χ0n) is 10.7. The van der Waals surface area contributed by atoms with Crippen LogP contribution in [0.3, 0.4) is 0 Å². The maximum atomic E-state index is 6.14. The zero-order valence-corrected chi connectivity index (χ0v) is 10.7. The fourth-order valence-corrected chi connectivity index (χ4v) is 2.08. The normalized spacial score (nSPS) is 12.7. The molecule has 1 rings (SSSR count). The Morgan fingerprint density at radius 1 is 1.19 bits per heavy atom. The molecule has 0 bridgehead atoms. The van der Waals surface area contributed by atoms with Gasteiger partial charge in [0, 0.05) is 6.04 Å². The van der Waals surface area contributed by atoms with E-state index in [1.165, 1.54) is 36.8 Å². The third-order valence-corrected chi connectivity index (χ3v) is 3.01. The van der Waals surface area contributed by atoms with Gasteiger partial charge in [-0.05, 0) is 25.3 Å². The van der Waals surface area contributed by atoms with Crippen molar-refractivity contribution in [2.75, 3.05) is 0 Å². The molecule has 1 atom stereocenters. The van der Waals surface area contributed by atoms with E-state index >= 15 is 0 Å². The first kappa shape index (κ1) is 13.2. The molecule has 0 aliphatic rings. The van der Waals surface area contributed by atoms with Crippen molar-refractivity contribution in [1.82, 2.24) is 0 Å². The Labute approximate surface area is 100 Å². The van der Waals surface area contributed by atoms with Crippen molar-refractivity contribution in [3.63, 3.8) is 0 Å². The van der Waals surface area contributed by atoms with Crippen molar-refractivity contribution in [3.05, 3.63) is 35.4 Å². The molecular formula is C15H25N. The summed E-state index contributed by atoms with van der Waals surface area (Å²) in [6.07, 6.45) is 7.44. The summed E-state index contributed by atoms with van der Waals surface area (Å²) in [5.74, 6) is 0. The molecule has 0 spiro atoms. The molecule has 0 saturated carbocycles. The fourth-order valence-electron chi connectivity index (χ4n) is 2.08. The average molecular weight is 219 g/mol. The lowest BCUT2D eigenvalue weighted by Gasteiger charge is -2.11. The van der Waals surface area contributed by atoms with Gasteiger partial charge in [-0.3, -0.25) is 0 Å². The van der Waals surface area contributed by atoms with Crippen LogP contribution in [0.4, 0.5) is 0 Å². The van der Waals surface area contributed by atoms with Gasteiger partial charge in [-0.25, -0.2) is 0 Å². The molecule has 1 nitrogen and oxygen atoms in total. The standard InChI is InChI=1S/C15H25N/c1-3-4-5-6-10-15(16)12-14-9-7-8-13(2)11-14/h7-9,11,15H,3-6,10,12,16H2,1-2H3. The van der Waals surface area contributed by atoms with Gasteiger partial charge in [0.15, 0.2) is 0 Å². The molecule has 0 aromatic heterocycles. The van der Waals surface area contributed by atoms with E-state index in [9.17, 15) is 0 Å². The van der Waals surface area contributed by atoms with E-state index in [2.05, 4.69) is 38.1 Å². The minimum Gasteiger partial charge on any atom is -0.327 e. The van der Waals surface area contributed by atoms with Gasteiger partial charge in [0.2, 0.25) is 0 Å². The molecule has 0 amide bonds. The van der Waals surface area contributed by atoms with Crippen molar-refractivity contribution in [3.8, 4) is 0 Å². The predicted octanol–water partition coefficient (Wildman–Crippen LogP) is 3.84. The van der Waals surface area contributed by atoms with Crippen LogP contribution in [-0.4, -0.2) is 6.04 Å². The van der Waals surface area contributed by atoms with Gasteiger partial charge in [-0.2, -0.15) is 0 Å². The highest BCUT2D eigenvalue weighted by Crippen LogP contribution is 2.10. The van der Waals surface area contributed by atoms with Gasteiger partial charge < -0.3 is 5.73 Å². The summed E-state index contributed by atoms with van der Waals surface area (Å²) in [7, 11) is 0. The van der Waals surface area contributed by atoms with E-state index in [1.807, 2.05) is 0 Å². The number of benzene rings is 1. The van der Waals surface area contributed by atoms with Crippen LogP contribution in [0.5, 0.6) is 0 Å². The van der Waals surface area contributed by atoms with Gasteiger partial charge >= 0.3 is 0 Å². The van der Waals surface area contributed by atoms with Crippen LogP contribution < -0.4 is 5.73 Å². The lowest BCUT2D eigenvalue weighted by Crippen LogP contribution is -2.22. The van der Waals surface area contributed by atoms with Gasteiger partial charge in [-0.15, -0.1) is 0 Å². The number of unbranched alkanes of at least 4 members (excludes halogenated alkanes) is 3. The second-order valence-corrected chi connectivity index (χ2v) is 4.80. The minimum atomic E-state index is 0.332. The van der Waals surface area contributed by atoms with Crippen molar-refractivity contribution >= 4 is 0 Å². The molecule has 0 fully saturated rings. The SMILES string of the molecule is CCCCCCC(N)Cc1cccc(C)c1. The Morgan fingerprint density at radius 2 is 2.00 bits per heavy atom. The monoisotopic (exact) mass is 219 g/mol. The average Bonchev–Trinajstić information content (AvgIpc) is 2.24. The summed E-state index contributed by atoms with van der Waals surface area (Å²) in [6, 6.07) is 9.01. The highest BCUT2D eigenvalue weighted by molar-refractivity contribution is 5.22. The third-order valence-electron chi connectivity index (χ3n) is 3.01. The van der Waals surface area contributed by atoms with Crippen LogP contribution in [0.15, 0.2) is 24.3 Å².